The van der Waals surface area contributed by atoms with E-state index in [2.05, 4.69) is 48.3 Å². The largest absolute Gasteiger partial charge is 0.356 e. The Labute approximate surface area is 138 Å². The quantitative estimate of drug-likeness (QED) is 0.534. The third kappa shape index (κ3) is 8.62. The van der Waals surface area contributed by atoms with Crippen LogP contribution in [-0.2, 0) is 0 Å². The van der Waals surface area contributed by atoms with Crippen molar-refractivity contribution in [2.75, 3.05) is 33.7 Å². The monoisotopic (exact) mass is 310 g/mol. The number of hydrogen-bond acceptors (Lipinski definition) is 2. The number of nitrogens with one attached hydrogen (secondary N) is 2. The maximum absolute atomic E-state index is 4.35. The van der Waals surface area contributed by atoms with E-state index in [0.29, 0.717) is 6.04 Å². The number of guanidine groups is 1. The third-order valence-electron chi connectivity index (χ3n) is 4.71. The van der Waals surface area contributed by atoms with Crippen molar-refractivity contribution in [3.63, 3.8) is 0 Å². The Kier molecular flexibility index (Phi) is 9.53. The molecule has 1 unspecified atom stereocenters. The summed E-state index contributed by atoms with van der Waals surface area (Å²) in [6.45, 7) is 10.4. The Bertz CT molecular complexity index is 306. The molecule has 4 heteroatoms. The fourth-order valence-electron chi connectivity index (χ4n) is 3.08. The lowest BCUT2D eigenvalue weighted by molar-refractivity contribution is 0.213. The number of rotatable bonds is 8. The second kappa shape index (κ2) is 10.9. The van der Waals surface area contributed by atoms with E-state index < -0.39 is 0 Å². The van der Waals surface area contributed by atoms with Crippen molar-refractivity contribution < 1.29 is 0 Å². The summed E-state index contributed by atoms with van der Waals surface area (Å²) in [5.74, 6) is 2.65. The average molecular weight is 311 g/mol. The molecule has 1 aliphatic heterocycles. The standard InChI is InChI=1S/C18H38N4/c1-15(2)7-6-8-16(3)21-18(19-4)20-12-9-17-10-13-22(5)14-11-17/h15-17H,6-14H2,1-5H3,(H2,19,20,21). The normalized spacial score (nSPS) is 19.5. The van der Waals surface area contributed by atoms with Gasteiger partial charge in [0, 0.05) is 19.6 Å². The van der Waals surface area contributed by atoms with Gasteiger partial charge in [-0.25, -0.2) is 0 Å². The second-order valence-corrected chi connectivity index (χ2v) is 7.40. The van der Waals surface area contributed by atoms with Gasteiger partial charge in [-0.3, -0.25) is 4.99 Å². The van der Waals surface area contributed by atoms with Crippen LogP contribution in [0, 0.1) is 11.8 Å². The summed E-state index contributed by atoms with van der Waals surface area (Å²) >= 11 is 0. The summed E-state index contributed by atoms with van der Waals surface area (Å²) in [6.07, 6.45) is 7.77. The lowest BCUT2D eigenvalue weighted by Gasteiger charge is -2.29. The molecule has 0 radical (unpaired) electrons. The van der Waals surface area contributed by atoms with Crippen molar-refractivity contribution >= 4 is 5.96 Å². The fourth-order valence-corrected chi connectivity index (χ4v) is 3.08. The number of aliphatic imine (C=N–C) groups is 1. The molecule has 130 valence electrons. The lowest BCUT2D eigenvalue weighted by atomic mass is 9.94. The van der Waals surface area contributed by atoms with Gasteiger partial charge < -0.3 is 15.5 Å². The van der Waals surface area contributed by atoms with Gasteiger partial charge in [0.1, 0.15) is 0 Å². The molecule has 0 saturated carbocycles. The summed E-state index contributed by atoms with van der Waals surface area (Å²) in [5.41, 5.74) is 0. The molecule has 2 N–H and O–H groups in total. The van der Waals surface area contributed by atoms with Crippen molar-refractivity contribution in [2.24, 2.45) is 16.8 Å². The maximum atomic E-state index is 4.35. The molecule has 1 heterocycles. The first-order valence-corrected chi connectivity index (χ1v) is 9.17. The van der Waals surface area contributed by atoms with E-state index in [-0.39, 0.29) is 0 Å². The van der Waals surface area contributed by atoms with Gasteiger partial charge in [-0.2, -0.15) is 0 Å². The van der Waals surface area contributed by atoms with Crippen LogP contribution in [0.25, 0.3) is 0 Å². The Balaban J connectivity index is 2.14. The van der Waals surface area contributed by atoms with E-state index in [1.54, 1.807) is 0 Å². The Morgan fingerprint density at radius 3 is 2.45 bits per heavy atom. The van der Waals surface area contributed by atoms with Crippen molar-refractivity contribution in [1.82, 2.24) is 15.5 Å². The van der Waals surface area contributed by atoms with Crippen molar-refractivity contribution in [3.05, 3.63) is 0 Å². The predicted octanol–water partition coefficient (Wildman–Crippen LogP) is 3.10. The first kappa shape index (κ1) is 19.3. The zero-order chi connectivity index (χ0) is 16.4. The average Bonchev–Trinajstić information content (AvgIpc) is 2.47. The summed E-state index contributed by atoms with van der Waals surface area (Å²) in [5, 5.41) is 7.00. The summed E-state index contributed by atoms with van der Waals surface area (Å²) < 4.78 is 0. The SMILES string of the molecule is CN=C(NCCC1CCN(C)CC1)NC(C)CCCC(C)C. The number of hydrogen-bond donors (Lipinski definition) is 2. The van der Waals surface area contributed by atoms with Gasteiger partial charge in [-0.1, -0.05) is 26.7 Å². The highest BCUT2D eigenvalue weighted by atomic mass is 15.2. The Morgan fingerprint density at radius 1 is 1.18 bits per heavy atom. The molecule has 22 heavy (non-hydrogen) atoms. The van der Waals surface area contributed by atoms with Gasteiger partial charge in [0.05, 0.1) is 0 Å². The van der Waals surface area contributed by atoms with Crippen LogP contribution in [0.2, 0.25) is 0 Å². The highest BCUT2D eigenvalue weighted by Gasteiger charge is 2.16. The zero-order valence-electron chi connectivity index (χ0n) is 15.5. The van der Waals surface area contributed by atoms with E-state index in [0.717, 1.165) is 24.3 Å². The van der Waals surface area contributed by atoms with Gasteiger partial charge in [0.25, 0.3) is 0 Å². The molecule has 1 aliphatic rings. The van der Waals surface area contributed by atoms with Crippen LogP contribution in [0.4, 0.5) is 0 Å². The maximum Gasteiger partial charge on any atom is 0.191 e. The molecular weight excluding hydrogens is 272 g/mol. The van der Waals surface area contributed by atoms with Crippen LogP contribution < -0.4 is 10.6 Å². The van der Waals surface area contributed by atoms with E-state index in [4.69, 9.17) is 0 Å². The molecule has 1 atom stereocenters. The van der Waals surface area contributed by atoms with Crippen LogP contribution in [0.15, 0.2) is 4.99 Å². The second-order valence-electron chi connectivity index (χ2n) is 7.40. The lowest BCUT2D eigenvalue weighted by Crippen LogP contribution is -2.43. The van der Waals surface area contributed by atoms with Crippen molar-refractivity contribution in [2.45, 2.75) is 65.3 Å². The predicted molar refractivity (Wildman–Crippen MR) is 97.5 cm³/mol. The summed E-state index contributed by atoms with van der Waals surface area (Å²) in [6, 6.07) is 0.494. The minimum atomic E-state index is 0.494. The zero-order valence-corrected chi connectivity index (χ0v) is 15.5. The van der Waals surface area contributed by atoms with Crippen LogP contribution in [-0.4, -0.2) is 50.6 Å². The van der Waals surface area contributed by atoms with E-state index >= 15 is 0 Å². The molecule has 4 nitrogen and oxygen atoms in total. The minimum Gasteiger partial charge on any atom is -0.356 e. The molecule has 0 spiro atoms. The van der Waals surface area contributed by atoms with Gasteiger partial charge in [0.15, 0.2) is 5.96 Å². The Hall–Kier alpha value is -0.770. The van der Waals surface area contributed by atoms with Gasteiger partial charge in [-0.05, 0) is 64.6 Å². The van der Waals surface area contributed by atoms with Gasteiger partial charge in [0.2, 0.25) is 0 Å². The van der Waals surface area contributed by atoms with Crippen molar-refractivity contribution in [1.29, 1.82) is 0 Å². The molecule has 0 aromatic carbocycles. The first-order valence-electron chi connectivity index (χ1n) is 9.17. The molecule has 0 aromatic heterocycles. The topological polar surface area (TPSA) is 39.7 Å². The highest BCUT2D eigenvalue weighted by molar-refractivity contribution is 5.79. The van der Waals surface area contributed by atoms with Crippen LogP contribution in [0.1, 0.15) is 59.3 Å². The third-order valence-corrected chi connectivity index (χ3v) is 4.71. The van der Waals surface area contributed by atoms with E-state index in [1.165, 1.54) is 51.6 Å². The Morgan fingerprint density at radius 2 is 1.86 bits per heavy atom. The number of nitrogens with zero attached hydrogens (tertiary/aromatic N) is 2. The van der Waals surface area contributed by atoms with Crippen LogP contribution >= 0.6 is 0 Å². The highest BCUT2D eigenvalue weighted by Crippen LogP contribution is 2.18. The number of piperidine rings is 1. The molecule has 0 bridgehead atoms. The summed E-state index contributed by atoms with van der Waals surface area (Å²) in [7, 11) is 4.09. The van der Waals surface area contributed by atoms with Crippen molar-refractivity contribution in [3.8, 4) is 0 Å². The molecule has 0 amide bonds. The van der Waals surface area contributed by atoms with E-state index in [1.807, 2.05) is 7.05 Å². The molecule has 1 saturated heterocycles. The van der Waals surface area contributed by atoms with Crippen LogP contribution in [0.5, 0.6) is 0 Å². The smallest absolute Gasteiger partial charge is 0.191 e. The molecule has 1 rings (SSSR count). The summed E-state index contributed by atoms with van der Waals surface area (Å²) in [4.78, 5) is 6.79. The fraction of sp³-hybridized carbons (Fsp3) is 0.944. The van der Waals surface area contributed by atoms with E-state index in [9.17, 15) is 0 Å². The molecule has 0 aromatic rings. The molecule has 1 fully saturated rings. The van der Waals surface area contributed by atoms with Crippen LogP contribution in [0.3, 0.4) is 0 Å². The first-order chi connectivity index (χ1) is 10.5. The molecule has 0 aliphatic carbocycles. The van der Waals surface area contributed by atoms with Gasteiger partial charge >= 0.3 is 0 Å². The molecular formula is C18H38N4. The minimum absolute atomic E-state index is 0.494. The number of likely N-dealkylation sites (tertiary alicyclic amines) is 1. The van der Waals surface area contributed by atoms with Gasteiger partial charge in [-0.15, -0.1) is 0 Å².